The summed E-state index contributed by atoms with van der Waals surface area (Å²) in [6, 6.07) is 5.76. The summed E-state index contributed by atoms with van der Waals surface area (Å²) in [5.41, 5.74) is 2.48. The predicted molar refractivity (Wildman–Crippen MR) is 78.8 cm³/mol. The van der Waals surface area contributed by atoms with Crippen molar-refractivity contribution < 1.29 is 9.53 Å². The molecular weight excluding hydrogens is 260 g/mol. The van der Waals surface area contributed by atoms with Gasteiger partial charge in [0, 0.05) is 6.54 Å². The quantitative estimate of drug-likeness (QED) is 0.678. The standard InChI is InChI=1S/C14H16N2O2S/c1-4-16-13(17)11(15-14(16)19)8-10-5-6-12(18-3)9(2)7-10/h5-8H,4H2,1-3H3,(H,15,19)/b11-8-. The van der Waals surface area contributed by atoms with E-state index < -0.39 is 0 Å². The Morgan fingerprint density at radius 1 is 1.47 bits per heavy atom. The van der Waals surface area contributed by atoms with Crippen LogP contribution < -0.4 is 10.1 Å². The minimum atomic E-state index is -0.0824. The molecular formula is C14H16N2O2S. The van der Waals surface area contributed by atoms with E-state index in [9.17, 15) is 4.79 Å². The first-order valence-corrected chi connectivity index (χ1v) is 6.46. The van der Waals surface area contributed by atoms with E-state index in [2.05, 4.69) is 5.32 Å². The number of carbonyl (C=O) groups excluding carboxylic acids is 1. The van der Waals surface area contributed by atoms with E-state index in [0.717, 1.165) is 16.9 Å². The van der Waals surface area contributed by atoms with Gasteiger partial charge in [0.15, 0.2) is 5.11 Å². The largest absolute Gasteiger partial charge is 0.496 e. The lowest BCUT2D eigenvalue weighted by Gasteiger charge is -2.09. The third-order valence-electron chi connectivity index (χ3n) is 3.01. The van der Waals surface area contributed by atoms with Gasteiger partial charge in [-0.15, -0.1) is 0 Å². The molecule has 100 valence electrons. The molecule has 0 atom stereocenters. The fourth-order valence-electron chi connectivity index (χ4n) is 2.02. The Bertz CT molecular complexity index is 567. The van der Waals surface area contributed by atoms with E-state index in [1.807, 2.05) is 32.0 Å². The smallest absolute Gasteiger partial charge is 0.276 e. The second-order valence-corrected chi connectivity index (χ2v) is 4.65. The molecule has 1 aliphatic heterocycles. The van der Waals surface area contributed by atoms with Crippen molar-refractivity contribution in [2.45, 2.75) is 13.8 Å². The van der Waals surface area contributed by atoms with Crippen LogP contribution in [-0.2, 0) is 4.79 Å². The number of carbonyl (C=O) groups is 1. The summed E-state index contributed by atoms with van der Waals surface area (Å²) in [5.74, 6) is 0.750. The Morgan fingerprint density at radius 2 is 2.21 bits per heavy atom. The average Bonchev–Trinajstić information content (AvgIpc) is 2.64. The summed E-state index contributed by atoms with van der Waals surface area (Å²) >= 11 is 5.11. The Kier molecular flexibility index (Phi) is 3.85. The van der Waals surface area contributed by atoms with Crippen LogP contribution in [0.2, 0.25) is 0 Å². The Labute approximate surface area is 118 Å². The van der Waals surface area contributed by atoms with E-state index in [-0.39, 0.29) is 5.91 Å². The number of likely N-dealkylation sites (N-methyl/N-ethyl adjacent to an activating group) is 1. The molecule has 1 aliphatic rings. The average molecular weight is 276 g/mol. The number of ether oxygens (including phenoxy) is 1. The maximum atomic E-state index is 12.0. The van der Waals surface area contributed by atoms with Crippen LogP contribution in [0, 0.1) is 6.92 Å². The molecule has 0 aromatic heterocycles. The minimum absolute atomic E-state index is 0.0824. The van der Waals surface area contributed by atoms with Gasteiger partial charge in [0.05, 0.1) is 7.11 Å². The molecule has 5 heteroatoms. The summed E-state index contributed by atoms with van der Waals surface area (Å²) in [5, 5.41) is 3.40. The van der Waals surface area contributed by atoms with Gasteiger partial charge in [-0.3, -0.25) is 9.69 Å². The molecule has 1 aromatic carbocycles. The van der Waals surface area contributed by atoms with Crippen molar-refractivity contribution in [2.24, 2.45) is 0 Å². The number of nitrogens with one attached hydrogen (secondary N) is 1. The maximum Gasteiger partial charge on any atom is 0.276 e. The van der Waals surface area contributed by atoms with Crippen molar-refractivity contribution >= 4 is 29.3 Å². The monoisotopic (exact) mass is 276 g/mol. The summed E-state index contributed by atoms with van der Waals surface area (Å²) in [4.78, 5) is 13.6. The number of hydrogen-bond donors (Lipinski definition) is 1. The van der Waals surface area contributed by atoms with E-state index in [1.165, 1.54) is 4.90 Å². The van der Waals surface area contributed by atoms with Gasteiger partial charge < -0.3 is 10.1 Å². The van der Waals surface area contributed by atoms with Gasteiger partial charge in [-0.2, -0.15) is 0 Å². The first-order chi connectivity index (χ1) is 9.06. The topological polar surface area (TPSA) is 41.6 Å². The zero-order valence-corrected chi connectivity index (χ0v) is 12.0. The first kappa shape index (κ1) is 13.5. The number of nitrogens with zero attached hydrogens (tertiary/aromatic N) is 1. The third kappa shape index (κ3) is 2.61. The highest BCUT2D eigenvalue weighted by atomic mass is 32.1. The molecule has 0 radical (unpaired) electrons. The lowest BCUT2D eigenvalue weighted by Crippen LogP contribution is -2.30. The lowest BCUT2D eigenvalue weighted by molar-refractivity contribution is -0.122. The van der Waals surface area contributed by atoms with Crippen LogP contribution in [0.3, 0.4) is 0 Å². The number of benzene rings is 1. The van der Waals surface area contributed by atoms with Crippen LogP contribution in [0.1, 0.15) is 18.1 Å². The molecule has 0 aliphatic carbocycles. The van der Waals surface area contributed by atoms with Gasteiger partial charge >= 0.3 is 0 Å². The van der Waals surface area contributed by atoms with Crippen LogP contribution in [-0.4, -0.2) is 29.6 Å². The molecule has 1 aromatic rings. The molecule has 0 bridgehead atoms. The highest BCUT2D eigenvalue weighted by Gasteiger charge is 2.28. The number of aryl methyl sites for hydroxylation is 1. The Balaban J connectivity index is 2.30. The summed E-state index contributed by atoms with van der Waals surface area (Å²) in [7, 11) is 1.64. The SMILES string of the molecule is CCN1C(=O)/C(=C/c2ccc(OC)c(C)c2)NC1=S. The number of amides is 1. The molecule has 4 nitrogen and oxygen atoms in total. The summed E-state index contributed by atoms with van der Waals surface area (Å²) in [6.07, 6.45) is 1.80. The van der Waals surface area contributed by atoms with E-state index >= 15 is 0 Å². The van der Waals surface area contributed by atoms with E-state index in [4.69, 9.17) is 17.0 Å². The number of hydrogen-bond acceptors (Lipinski definition) is 3. The number of thiocarbonyl (C=S) groups is 1. The predicted octanol–water partition coefficient (Wildman–Crippen LogP) is 2.08. The molecule has 0 unspecified atom stereocenters. The molecule has 2 rings (SSSR count). The van der Waals surface area contributed by atoms with Crippen LogP contribution in [0.25, 0.3) is 6.08 Å². The molecule has 1 N–H and O–H groups in total. The molecule has 0 saturated carbocycles. The van der Waals surface area contributed by atoms with Gasteiger partial charge in [0.2, 0.25) is 0 Å². The van der Waals surface area contributed by atoms with Crippen molar-refractivity contribution in [3.8, 4) is 5.75 Å². The highest BCUT2D eigenvalue weighted by Crippen LogP contribution is 2.21. The maximum absolute atomic E-state index is 12.0. The number of methoxy groups -OCH3 is 1. The first-order valence-electron chi connectivity index (χ1n) is 6.06. The van der Waals surface area contributed by atoms with Gasteiger partial charge in [-0.25, -0.2) is 0 Å². The van der Waals surface area contributed by atoms with Crippen molar-refractivity contribution in [3.05, 3.63) is 35.0 Å². The van der Waals surface area contributed by atoms with E-state index in [0.29, 0.717) is 17.4 Å². The second kappa shape index (κ2) is 5.40. The zero-order chi connectivity index (χ0) is 14.0. The van der Waals surface area contributed by atoms with Crippen LogP contribution in [0.4, 0.5) is 0 Å². The third-order valence-corrected chi connectivity index (χ3v) is 3.33. The van der Waals surface area contributed by atoms with Crippen LogP contribution >= 0.6 is 12.2 Å². The van der Waals surface area contributed by atoms with Crippen LogP contribution in [0.5, 0.6) is 5.75 Å². The molecule has 1 amide bonds. The highest BCUT2D eigenvalue weighted by molar-refractivity contribution is 7.80. The zero-order valence-electron chi connectivity index (χ0n) is 11.2. The normalized spacial score (nSPS) is 17.0. The molecule has 0 spiro atoms. The van der Waals surface area contributed by atoms with E-state index in [1.54, 1.807) is 13.2 Å². The van der Waals surface area contributed by atoms with Gasteiger partial charge in [0.1, 0.15) is 11.4 Å². The van der Waals surface area contributed by atoms with Crippen molar-refractivity contribution in [2.75, 3.05) is 13.7 Å². The van der Waals surface area contributed by atoms with Crippen molar-refractivity contribution in [1.82, 2.24) is 10.2 Å². The van der Waals surface area contributed by atoms with Crippen LogP contribution in [0.15, 0.2) is 23.9 Å². The summed E-state index contributed by atoms with van der Waals surface area (Å²) in [6.45, 7) is 4.43. The van der Waals surface area contributed by atoms with Crippen molar-refractivity contribution in [3.63, 3.8) is 0 Å². The minimum Gasteiger partial charge on any atom is -0.496 e. The van der Waals surface area contributed by atoms with Gasteiger partial charge in [-0.05, 0) is 55.4 Å². The van der Waals surface area contributed by atoms with Crippen molar-refractivity contribution in [1.29, 1.82) is 0 Å². The molecule has 1 heterocycles. The van der Waals surface area contributed by atoms with Gasteiger partial charge in [-0.1, -0.05) is 6.07 Å². The van der Waals surface area contributed by atoms with Gasteiger partial charge in [0.25, 0.3) is 5.91 Å². The summed E-state index contributed by atoms with van der Waals surface area (Å²) < 4.78 is 5.21. The lowest BCUT2D eigenvalue weighted by atomic mass is 10.1. The molecule has 1 saturated heterocycles. The second-order valence-electron chi connectivity index (χ2n) is 4.27. The fourth-order valence-corrected chi connectivity index (χ4v) is 2.34. The molecule has 1 fully saturated rings. The molecule has 19 heavy (non-hydrogen) atoms. The number of rotatable bonds is 3. The fraction of sp³-hybridized carbons (Fsp3) is 0.286. The Hall–Kier alpha value is -1.88. The Morgan fingerprint density at radius 3 is 2.74 bits per heavy atom.